The summed E-state index contributed by atoms with van der Waals surface area (Å²) < 4.78 is 6.21. The number of benzene rings is 1. The number of fused-ring (bicyclic) bond motifs is 1. The van der Waals surface area contributed by atoms with E-state index in [0.717, 1.165) is 32.4 Å². The van der Waals surface area contributed by atoms with Crippen molar-refractivity contribution in [3.63, 3.8) is 0 Å². The summed E-state index contributed by atoms with van der Waals surface area (Å²) in [7, 11) is 1.64. The molecule has 0 radical (unpaired) electrons. The molecule has 19 heavy (non-hydrogen) atoms. The summed E-state index contributed by atoms with van der Waals surface area (Å²) >= 11 is 3.47. The first-order valence-electron chi connectivity index (χ1n) is 5.62. The van der Waals surface area contributed by atoms with Gasteiger partial charge in [-0.2, -0.15) is 0 Å². The van der Waals surface area contributed by atoms with Gasteiger partial charge in [0, 0.05) is 16.2 Å². The molecule has 0 atom stereocenters. The van der Waals surface area contributed by atoms with Crippen LogP contribution in [0, 0.1) is 0 Å². The van der Waals surface area contributed by atoms with E-state index in [4.69, 9.17) is 10.5 Å². The Balaban J connectivity index is 2.24. The van der Waals surface area contributed by atoms with Gasteiger partial charge in [0.2, 0.25) is 5.95 Å². The number of rotatable bonds is 2. The quantitative estimate of drug-likeness (QED) is 0.761. The van der Waals surface area contributed by atoms with Crippen LogP contribution >= 0.6 is 15.9 Å². The highest BCUT2D eigenvalue weighted by molar-refractivity contribution is 9.10. The molecule has 3 aromatic rings. The first-order valence-corrected chi connectivity index (χ1v) is 6.41. The van der Waals surface area contributed by atoms with E-state index in [1.807, 2.05) is 24.4 Å². The molecule has 0 saturated heterocycles. The van der Waals surface area contributed by atoms with Crippen molar-refractivity contribution in [2.45, 2.75) is 0 Å². The highest BCUT2D eigenvalue weighted by Gasteiger charge is 2.10. The molecule has 0 saturated carbocycles. The monoisotopic (exact) mass is 318 g/mol. The summed E-state index contributed by atoms with van der Waals surface area (Å²) in [5.74, 6) is 1.04. The van der Waals surface area contributed by atoms with Gasteiger partial charge < -0.3 is 15.5 Å². The second-order valence-electron chi connectivity index (χ2n) is 4.07. The van der Waals surface area contributed by atoms with E-state index >= 15 is 0 Å². The van der Waals surface area contributed by atoms with Gasteiger partial charge in [0.05, 0.1) is 18.8 Å². The highest BCUT2D eigenvalue weighted by Crippen LogP contribution is 2.32. The molecule has 3 N–H and O–H groups in total. The second-order valence-corrected chi connectivity index (χ2v) is 4.99. The fourth-order valence-electron chi connectivity index (χ4n) is 1.98. The molecule has 0 amide bonds. The third kappa shape index (κ3) is 2.15. The molecule has 0 aliphatic rings. The summed E-state index contributed by atoms with van der Waals surface area (Å²) in [6.45, 7) is 0. The van der Waals surface area contributed by atoms with Crippen molar-refractivity contribution >= 4 is 32.9 Å². The van der Waals surface area contributed by atoms with Crippen LogP contribution in [-0.4, -0.2) is 22.1 Å². The minimum Gasteiger partial charge on any atom is -0.497 e. The summed E-state index contributed by atoms with van der Waals surface area (Å²) in [5, 5.41) is 0. The number of nitrogens with two attached hydrogens (primary N) is 1. The van der Waals surface area contributed by atoms with E-state index in [0.29, 0.717) is 0 Å². The van der Waals surface area contributed by atoms with E-state index in [1.165, 1.54) is 0 Å². The zero-order valence-electron chi connectivity index (χ0n) is 10.1. The van der Waals surface area contributed by atoms with Crippen molar-refractivity contribution in [3.05, 3.63) is 35.1 Å². The first kappa shape index (κ1) is 12.0. The lowest BCUT2D eigenvalue weighted by Gasteiger charge is -2.05. The zero-order valence-corrected chi connectivity index (χ0v) is 11.7. The van der Waals surface area contributed by atoms with Crippen LogP contribution in [-0.2, 0) is 0 Å². The van der Waals surface area contributed by atoms with E-state index < -0.39 is 0 Å². The Morgan fingerprint density at radius 3 is 2.95 bits per heavy atom. The molecule has 3 rings (SSSR count). The van der Waals surface area contributed by atoms with Gasteiger partial charge in [-0.25, -0.2) is 9.97 Å². The number of H-pyrrole nitrogens is 1. The molecule has 0 bridgehead atoms. The minimum absolute atomic E-state index is 0.260. The van der Waals surface area contributed by atoms with Crippen LogP contribution in [0.2, 0.25) is 0 Å². The number of nitrogens with zero attached hydrogens (tertiary/aromatic N) is 2. The summed E-state index contributed by atoms with van der Waals surface area (Å²) in [6, 6.07) is 5.86. The van der Waals surface area contributed by atoms with Crippen molar-refractivity contribution in [1.29, 1.82) is 0 Å². The number of aromatic nitrogens is 3. The molecule has 0 spiro atoms. The van der Waals surface area contributed by atoms with Gasteiger partial charge in [0.25, 0.3) is 0 Å². The van der Waals surface area contributed by atoms with Crippen LogP contribution in [0.15, 0.2) is 35.1 Å². The lowest BCUT2D eigenvalue weighted by atomic mass is 10.1. The van der Waals surface area contributed by atoms with Crippen LogP contribution in [0.1, 0.15) is 0 Å². The van der Waals surface area contributed by atoms with E-state index in [2.05, 4.69) is 30.9 Å². The Kier molecular flexibility index (Phi) is 2.87. The Bertz CT molecular complexity index is 753. The van der Waals surface area contributed by atoms with Crippen LogP contribution in [0.3, 0.4) is 0 Å². The normalized spacial score (nSPS) is 10.8. The molecule has 0 unspecified atom stereocenters. The lowest BCUT2D eigenvalue weighted by molar-refractivity contribution is 0.414. The smallest absolute Gasteiger partial charge is 0.220 e. The molecule has 96 valence electrons. The summed E-state index contributed by atoms with van der Waals surface area (Å²) in [5.41, 5.74) is 9.25. The number of anilines is 1. The Hall–Kier alpha value is -2.08. The van der Waals surface area contributed by atoms with Crippen LogP contribution in [0.25, 0.3) is 22.2 Å². The molecule has 2 heterocycles. The Morgan fingerprint density at radius 1 is 1.32 bits per heavy atom. The van der Waals surface area contributed by atoms with Crippen LogP contribution < -0.4 is 10.5 Å². The average Bonchev–Trinajstić information content (AvgIpc) is 2.80. The fraction of sp³-hybridized carbons (Fsp3) is 0.0769. The molecule has 0 aliphatic carbocycles. The van der Waals surface area contributed by atoms with Crippen molar-refractivity contribution in [1.82, 2.24) is 15.0 Å². The molecule has 5 nitrogen and oxygen atoms in total. The van der Waals surface area contributed by atoms with E-state index in [9.17, 15) is 0 Å². The SMILES string of the molecule is COc1cc(Br)cc(-c2c[nH]c3cnc(N)nc23)c1. The highest BCUT2D eigenvalue weighted by atomic mass is 79.9. The number of methoxy groups -OCH3 is 1. The van der Waals surface area contributed by atoms with Crippen molar-refractivity contribution in [2.24, 2.45) is 0 Å². The maximum absolute atomic E-state index is 5.65. The van der Waals surface area contributed by atoms with Crippen molar-refractivity contribution < 1.29 is 4.74 Å². The molecular formula is C13H11BrN4O. The second kappa shape index (κ2) is 4.55. The van der Waals surface area contributed by atoms with Gasteiger partial charge in [0.15, 0.2) is 0 Å². The van der Waals surface area contributed by atoms with Gasteiger partial charge >= 0.3 is 0 Å². The molecular weight excluding hydrogens is 308 g/mol. The fourth-order valence-corrected chi connectivity index (χ4v) is 2.45. The molecule has 1 aromatic carbocycles. The number of halogens is 1. The largest absolute Gasteiger partial charge is 0.497 e. The predicted octanol–water partition coefficient (Wildman–Crippen LogP) is 2.98. The minimum atomic E-state index is 0.260. The summed E-state index contributed by atoms with van der Waals surface area (Å²) in [6.07, 6.45) is 3.57. The van der Waals surface area contributed by atoms with E-state index in [-0.39, 0.29) is 5.95 Å². The number of aromatic amines is 1. The van der Waals surface area contributed by atoms with Crippen LogP contribution in [0.4, 0.5) is 5.95 Å². The van der Waals surface area contributed by atoms with Gasteiger partial charge in [-0.1, -0.05) is 15.9 Å². The van der Waals surface area contributed by atoms with Gasteiger partial charge in [0.1, 0.15) is 11.3 Å². The average molecular weight is 319 g/mol. The van der Waals surface area contributed by atoms with Gasteiger partial charge in [-0.3, -0.25) is 0 Å². The van der Waals surface area contributed by atoms with Gasteiger partial charge in [-0.15, -0.1) is 0 Å². The topological polar surface area (TPSA) is 76.8 Å². The third-order valence-corrected chi connectivity index (χ3v) is 3.31. The number of nitrogen functional groups attached to an aromatic ring is 1. The molecule has 2 aromatic heterocycles. The van der Waals surface area contributed by atoms with Crippen molar-refractivity contribution in [2.75, 3.05) is 12.8 Å². The first-order chi connectivity index (χ1) is 9.17. The molecule has 0 aliphatic heterocycles. The Morgan fingerprint density at radius 2 is 2.16 bits per heavy atom. The number of hydrogen-bond donors (Lipinski definition) is 2. The third-order valence-electron chi connectivity index (χ3n) is 2.85. The number of ether oxygens (including phenoxy) is 1. The number of nitrogens with one attached hydrogen (secondary N) is 1. The Labute approximate surface area is 118 Å². The lowest BCUT2D eigenvalue weighted by Crippen LogP contribution is -1.93. The maximum atomic E-state index is 5.65. The molecule has 6 heteroatoms. The summed E-state index contributed by atoms with van der Waals surface area (Å²) in [4.78, 5) is 11.4. The number of hydrogen-bond acceptors (Lipinski definition) is 4. The predicted molar refractivity (Wildman–Crippen MR) is 78.0 cm³/mol. The standard InChI is InChI=1S/C13H11BrN4O/c1-19-9-3-7(2-8(14)4-9)10-5-16-11-6-17-13(15)18-12(10)11/h2-6,16H,1H3,(H2,15,17,18). The maximum Gasteiger partial charge on any atom is 0.220 e. The van der Waals surface area contributed by atoms with Crippen molar-refractivity contribution in [3.8, 4) is 16.9 Å². The van der Waals surface area contributed by atoms with Crippen LogP contribution in [0.5, 0.6) is 5.75 Å². The zero-order chi connectivity index (χ0) is 13.4. The van der Waals surface area contributed by atoms with E-state index in [1.54, 1.807) is 13.3 Å². The van der Waals surface area contributed by atoms with Gasteiger partial charge in [-0.05, 0) is 23.8 Å². The molecule has 0 fully saturated rings.